The van der Waals surface area contributed by atoms with Crippen molar-refractivity contribution in [3.05, 3.63) is 78.5 Å². The molecular weight excluding hydrogens is 382 g/mol. The van der Waals surface area contributed by atoms with Gasteiger partial charge in [0.1, 0.15) is 6.04 Å². The lowest BCUT2D eigenvalue weighted by molar-refractivity contribution is -0.120. The average molecular weight is 403 g/mol. The fraction of sp³-hybridized carbons (Fsp3) is 0.238. The number of carbonyl (C=O) groups is 2. The lowest BCUT2D eigenvalue weighted by Gasteiger charge is -2.20. The Morgan fingerprint density at radius 1 is 1.27 bits per heavy atom. The summed E-state index contributed by atoms with van der Waals surface area (Å²) in [5.74, 6) is -0.485. The van der Waals surface area contributed by atoms with E-state index in [2.05, 4.69) is 32.2 Å². The number of allylic oxidation sites excluding steroid dienone is 1. The van der Waals surface area contributed by atoms with Gasteiger partial charge in [-0.05, 0) is 12.0 Å². The summed E-state index contributed by atoms with van der Waals surface area (Å²) in [5, 5.41) is 10.8. The van der Waals surface area contributed by atoms with E-state index in [0.29, 0.717) is 24.5 Å². The number of rotatable bonds is 5. The number of anilines is 1. The topological polar surface area (TPSA) is 106 Å². The number of aromatic nitrogens is 5. The number of benzene rings is 1. The third-order valence-corrected chi connectivity index (χ3v) is 5.04. The lowest BCUT2D eigenvalue weighted by Crippen LogP contribution is -2.47. The zero-order valence-electron chi connectivity index (χ0n) is 16.5. The van der Waals surface area contributed by atoms with Gasteiger partial charge in [0.25, 0.3) is 11.8 Å². The van der Waals surface area contributed by atoms with Crippen LogP contribution in [0.2, 0.25) is 0 Å². The fourth-order valence-electron chi connectivity index (χ4n) is 3.48. The molecule has 3 aromatic rings. The summed E-state index contributed by atoms with van der Waals surface area (Å²) in [6.07, 6.45) is 6.73. The van der Waals surface area contributed by atoms with Crippen molar-refractivity contribution in [2.24, 2.45) is 0 Å². The third kappa shape index (κ3) is 3.82. The molecule has 9 heteroatoms. The number of hydrogen-bond donors (Lipinski definition) is 1. The Morgan fingerprint density at radius 3 is 2.80 bits per heavy atom. The highest BCUT2D eigenvalue weighted by Crippen LogP contribution is 2.31. The van der Waals surface area contributed by atoms with Gasteiger partial charge in [-0.15, -0.1) is 11.7 Å². The minimum atomic E-state index is -0.763. The van der Waals surface area contributed by atoms with Gasteiger partial charge in [0, 0.05) is 25.4 Å². The van der Waals surface area contributed by atoms with Crippen LogP contribution in [0.4, 0.5) is 5.82 Å². The highest BCUT2D eigenvalue weighted by atomic mass is 16.2. The maximum atomic E-state index is 13.0. The maximum Gasteiger partial charge on any atom is 0.274 e. The summed E-state index contributed by atoms with van der Waals surface area (Å²) >= 11 is 0. The predicted octanol–water partition coefficient (Wildman–Crippen LogP) is 1.55. The summed E-state index contributed by atoms with van der Waals surface area (Å²) in [6, 6.07) is 8.98. The molecule has 0 spiro atoms. The van der Waals surface area contributed by atoms with Crippen LogP contribution in [0.25, 0.3) is 0 Å². The van der Waals surface area contributed by atoms with Crippen molar-refractivity contribution in [2.45, 2.75) is 24.9 Å². The zero-order valence-corrected chi connectivity index (χ0v) is 16.5. The molecule has 3 heterocycles. The Kier molecular flexibility index (Phi) is 5.34. The minimum Gasteiger partial charge on any atom is -0.339 e. The van der Waals surface area contributed by atoms with E-state index in [4.69, 9.17) is 0 Å². The maximum absolute atomic E-state index is 13.0. The standard InChI is InChI=1S/C21H21N7O2/c1-3-15-11-16(21(30)27(2)19-18(15)22-9-10-23-19)24-20(29)17-13-28(26-25-17)12-14-7-5-4-6-8-14/h3-10,13,15-16H,1,11-12H2,2H3,(H,24,29)/t15-,16+/m0/s1. The lowest BCUT2D eigenvalue weighted by atomic mass is 9.97. The van der Waals surface area contributed by atoms with E-state index in [1.807, 2.05) is 30.3 Å². The monoisotopic (exact) mass is 403 g/mol. The van der Waals surface area contributed by atoms with Gasteiger partial charge in [0.05, 0.1) is 18.4 Å². The van der Waals surface area contributed by atoms with E-state index in [9.17, 15) is 9.59 Å². The molecule has 0 radical (unpaired) electrons. The molecule has 0 bridgehead atoms. The van der Waals surface area contributed by atoms with E-state index in [1.165, 1.54) is 11.1 Å². The first kappa shape index (κ1) is 19.4. The van der Waals surface area contributed by atoms with Crippen LogP contribution < -0.4 is 10.2 Å². The van der Waals surface area contributed by atoms with Crippen LogP contribution in [-0.2, 0) is 11.3 Å². The summed E-state index contributed by atoms with van der Waals surface area (Å²) in [6.45, 7) is 4.35. The molecule has 152 valence electrons. The largest absolute Gasteiger partial charge is 0.339 e. The van der Waals surface area contributed by atoms with Crippen LogP contribution in [-0.4, -0.2) is 49.9 Å². The number of hydrogen-bond acceptors (Lipinski definition) is 6. The molecular formula is C21H21N7O2. The van der Waals surface area contributed by atoms with Crippen molar-refractivity contribution in [3.63, 3.8) is 0 Å². The van der Waals surface area contributed by atoms with Crippen molar-refractivity contribution in [1.82, 2.24) is 30.3 Å². The predicted molar refractivity (Wildman–Crippen MR) is 110 cm³/mol. The van der Waals surface area contributed by atoms with E-state index < -0.39 is 11.9 Å². The fourth-order valence-corrected chi connectivity index (χ4v) is 3.48. The molecule has 0 aliphatic carbocycles. The average Bonchev–Trinajstić information content (AvgIpc) is 3.21. The van der Waals surface area contributed by atoms with Crippen molar-refractivity contribution in [2.75, 3.05) is 11.9 Å². The van der Waals surface area contributed by atoms with Crippen LogP contribution in [0.15, 0.2) is 61.6 Å². The molecule has 1 aromatic carbocycles. The number of amides is 2. The van der Waals surface area contributed by atoms with Crippen LogP contribution >= 0.6 is 0 Å². The van der Waals surface area contributed by atoms with E-state index >= 15 is 0 Å². The van der Waals surface area contributed by atoms with Crippen molar-refractivity contribution in [3.8, 4) is 0 Å². The number of carbonyl (C=O) groups excluding carboxylic acids is 2. The molecule has 1 N–H and O–H groups in total. The van der Waals surface area contributed by atoms with Gasteiger partial charge in [-0.2, -0.15) is 0 Å². The van der Waals surface area contributed by atoms with Crippen molar-refractivity contribution >= 4 is 17.6 Å². The van der Waals surface area contributed by atoms with Crippen molar-refractivity contribution in [1.29, 1.82) is 0 Å². The molecule has 2 atom stereocenters. The first-order chi connectivity index (χ1) is 14.6. The van der Waals surface area contributed by atoms with Gasteiger partial charge in [-0.3, -0.25) is 19.5 Å². The molecule has 0 fully saturated rings. The first-order valence-electron chi connectivity index (χ1n) is 9.52. The summed E-state index contributed by atoms with van der Waals surface area (Å²) in [7, 11) is 1.62. The van der Waals surface area contributed by atoms with Gasteiger partial charge in [-0.1, -0.05) is 41.6 Å². The molecule has 2 aromatic heterocycles. The molecule has 9 nitrogen and oxygen atoms in total. The molecule has 1 aliphatic rings. The molecule has 2 amide bonds. The zero-order chi connectivity index (χ0) is 21.1. The van der Waals surface area contributed by atoms with E-state index in [-0.39, 0.29) is 17.5 Å². The SMILES string of the molecule is C=C[C@H]1C[C@@H](NC(=O)c2cn(Cc3ccccc3)nn2)C(=O)N(C)c2nccnc21. The molecule has 1 aliphatic heterocycles. The molecule has 0 unspecified atom stereocenters. The van der Waals surface area contributed by atoms with E-state index in [1.54, 1.807) is 30.2 Å². The Hall–Kier alpha value is -3.88. The highest BCUT2D eigenvalue weighted by Gasteiger charge is 2.35. The summed E-state index contributed by atoms with van der Waals surface area (Å²) in [4.78, 5) is 35.8. The Balaban J connectivity index is 1.50. The number of nitrogens with zero attached hydrogens (tertiary/aromatic N) is 6. The normalized spacial score (nSPS) is 18.4. The molecule has 0 saturated heterocycles. The van der Waals surface area contributed by atoms with E-state index in [0.717, 1.165) is 5.56 Å². The Labute approximate surface area is 173 Å². The van der Waals surface area contributed by atoms with Crippen LogP contribution in [0.3, 0.4) is 0 Å². The van der Waals surface area contributed by atoms with Crippen LogP contribution in [0.5, 0.6) is 0 Å². The Morgan fingerprint density at radius 2 is 2.03 bits per heavy atom. The van der Waals surface area contributed by atoms with Crippen molar-refractivity contribution < 1.29 is 9.59 Å². The highest BCUT2D eigenvalue weighted by molar-refractivity contribution is 6.01. The molecule has 0 saturated carbocycles. The van der Waals surface area contributed by atoms with Gasteiger partial charge in [0.15, 0.2) is 11.5 Å². The summed E-state index contributed by atoms with van der Waals surface area (Å²) in [5.41, 5.74) is 1.85. The number of nitrogens with one attached hydrogen (secondary N) is 1. The smallest absolute Gasteiger partial charge is 0.274 e. The quantitative estimate of drug-likeness (QED) is 0.648. The van der Waals surface area contributed by atoms with Crippen LogP contribution in [0, 0.1) is 0 Å². The third-order valence-electron chi connectivity index (χ3n) is 5.04. The number of likely N-dealkylation sites (N-methyl/N-ethyl adjacent to an activating group) is 1. The number of fused-ring (bicyclic) bond motifs is 1. The second-order valence-corrected chi connectivity index (χ2v) is 7.05. The Bertz CT molecular complexity index is 1060. The minimum absolute atomic E-state index is 0.148. The van der Waals surface area contributed by atoms with Gasteiger partial charge in [-0.25, -0.2) is 9.67 Å². The van der Waals surface area contributed by atoms with Gasteiger partial charge >= 0.3 is 0 Å². The van der Waals surface area contributed by atoms with Gasteiger partial charge < -0.3 is 5.32 Å². The van der Waals surface area contributed by atoms with Crippen LogP contribution in [0.1, 0.15) is 34.1 Å². The second-order valence-electron chi connectivity index (χ2n) is 7.05. The van der Waals surface area contributed by atoms with Gasteiger partial charge in [0.2, 0.25) is 0 Å². The molecule has 30 heavy (non-hydrogen) atoms. The second kappa shape index (κ2) is 8.24. The first-order valence-corrected chi connectivity index (χ1v) is 9.52. The molecule has 4 rings (SSSR count). The summed E-state index contributed by atoms with van der Waals surface area (Å²) < 4.78 is 1.58.